The summed E-state index contributed by atoms with van der Waals surface area (Å²) in [6.45, 7) is 1.04. The van der Waals surface area contributed by atoms with E-state index < -0.39 is 11.9 Å². The second-order valence-electron chi connectivity index (χ2n) is 4.41. The van der Waals surface area contributed by atoms with Crippen molar-refractivity contribution < 1.29 is 24.3 Å². The van der Waals surface area contributed by atoms with Gasteiger partial charge in [-0.3, -0.25) is 14.4 Å². The molecule has 0 radical (unpaired) electrons. The lowest BCUT2D eigenvalue weighted by Gasteiger charge is -2.17. The first-order valence-electron chi connectivity index (χ1n) is 6.31. The Morgan fingerprint density at radius 1 is 1.00 bits per heavy atom. The van der Waals surface area contributed by atoms with Crippen molar-refractivity contribution in [2.75, 3.05) is 18.9 Å². The highest BCUT2D eigenvalue weighted by atomic mass is 127. The number of hydrogen-bond acceptors (Lipinski definition) is 4. The minimum absolute atomic E-state index is 0.0783. The van der Waals surface area contributed by atoms with E-state index in [0.717, 1.165) is 0 Å². The first kappa shape index (κ1) is 21.3. The monoisotopic (exact) mass is 671 g/mol. The summed E-state index contributed by atoms with van der Waals surface area (Å²) in [7, 11) is 1.43. The normalized spacial score (nSPS) is 10.0. The third-order valence-electron chi connectivity index (χ3n) is 2.75. The van der Waals surface area contributed by atoms with Crippen LogP contribution in [-0.2, 0) is 9.59 Å². The van der Waals surface area contributed by atoms with Gasteiger partial charge in [-0.05, 0) is 67.8 Å². The van der Waals surface area contributed by atoms with Gasteiger partial charge in [0.2, 0.25) is 11.8 Å². The van der Waals surface area contributed by atoms with Gasteiger partial charge in [0.05, 0.1) is 30.5 Å². The van der Waals surface area contributed by atoms with E-state index in [0.29, 0.717) is 7.14 Å². The number of benzene rings is 1. The van der Waals surface area contributed by atoms with Crippen LogP contribution in [0.2, 0.25) is 0 Å². The van der Waals surface area contributed by atoms with Gasteiger partial charge in [0.1, 0.15) is 0 Å². The summed E-state index contributed by atoms with van der Waals surface area (Å²) in [5.74, 6) is -2.59. The van der Waals surface area contributed by atoms with Gasteiger partial charge in [0.25, 0.3) is 5.91 Å². The van der Waals surface area contributed by atoms with Crippen molar-refractivity contribution in [2.45, 2.75) is 6.92 Å². The highest BCUT2D eigenvalue weighted by Gasteiger charge is 2.28. The number of aromatic carboxylic acids is 1. The highest BCUT2D eigenvalue weighted by Crippen LogP contribution is 2.35. The maximum atomic E-state index is 12.4. The Morgan fingerprint density at radius 2 is 1.54 bits per heavy atom. The maximum Gasteiger partial charge on any atom is 0.337 e. The third-order valence-corrected chi connectivity index (χ3v) is 5.98. The van der Waals surface area contributed by atoms with E-state index in [9.17, 15) is 24.3 Å². The molecule has 3 amide bonds. The summed E-state index contributed by atoms with van der Waals surface area (Å²) in [5, 5.41) is 16.8. The van der Waals surface area contributed by atoms with Gasteiger partial charge in [0, 0.05) is 17.5 Å². The van der Waals surface area contributed by atoms with Crippen molar-refractivity contribution in [3.63, 3.8) is 0 Å². The predicted molar refractivity (Wildman–Crippen MR) is 112 cm³/mol. The molecule has 0 unspecified atom stereocenters. The molecule has 1 aromatic carbocycles. The number of carboxylic acid groups (broad SMARTS) is 1. The van der Waals surface area contributed by atoms with Crippen molar-refractivity contribution in [1.82, 2.24) is 10.6 Å². The molecular weight excluding hydrogens is 659 g/mol. The van der Waals surface area contributed by atoms with E-state index in [1.54, 1.807) is 22.6 Å². The van der Waals surface area contributed by atoms with Crippen LogP contribution < -0.4 is 16.0 Å². The molecule has 0 saturated heterocycles. The fourth-order valence-electron chi connectivity index (χ4n) is 1.67. The number of likely N-dealkylation sites (N-methyl/N-ethyl adjacent to an activating group) is 1. The van der Waals surface area contributed by atoms with Gasteiger partial charge >= 0.3 is 5.97 Å². The maximum absolute atomic E-state index is 12.4. The number of carboxylic acids is 1. The molecule has 4 N–H and O–H groups in total. The van der Waals surface area contributed by atoms with E-state index in [1.807, 2.05) is 45.2 Å². The van der Waals surface area contributed by atoms with E-state index in [4.69, 9.17) is 0 Å². The van der Waals surface area contributed by atoms with Gasteiger partial charge in [0.15, 0.2) is 0 Å². The van der Waals surface area contributed by atoms with Gasteiger partial charge < -0.3 is 21.1 Å². The zero-order chi connectivity index (χ0) is 18.6. The molecule has 1 aromatic rings. The Bertz CT molecular complexity index is 736. The topological polar surface area (TPSA) is 125 Å². The van der Waals surface area contributed by atoms with Crippen LogP contribution in [0, 0.1) is 10.7 Å². The number of carbonyl (C=O) groups is 4. The number of nitrogens with one attached hydrogen (secondary N) is 3. The van der Waals surface area contributed by atoms with Crippen molar-refractivity contribution >= 4 is 97.2 Å². The van der Waals surface area contributed by atoms with Crippen LogP contribution in [0.3, 0.4) is 0 Å². The third kappa shape index (κ3) is 4.90. The Kier molecular flexibility index (Phi) is 8.10. The van der Waals surface area contributed by atoms with Crippen molar-refractivity contribution in [3.8, 4) is 0 Å². The first-order chi connectivity index (χ1) is 11.1. The number of carbonyl (C=O) groups excluding carboxylic acids is 3. The molecule has 0 aliphatic heterocycles. The molecule has 0 aromatic heterocycles. The molecule has 0 aliphatic carbocycles. The molecule has 1 rings (SSSR count). The fraction of sp³-hybridized carbons (Fsp3) is 0.231. The predicted octanol–water partition coefficient (Wildman–Crippen LogP) is 1.63. The number of halogens is 3. The van der Waals surface area contributed by atoms with Crippen molar-refractivity contribution in [3.05, 3.63) is 21.8 Å². The summed E-state index contributed by atoms with van der Waals surface area (Å²) >= 11 is 5.46. The molecule has 0 spiro atoms. The quantitative estimate of drug-likeness (QED) is 0.355. The number of amides is 3. The molecule has 0 heterocycles. The van der Waals surface area contributed by atoms with Crippen LogP contribution in [0.15, 0.2) is 0 Å². The van der Waals surface area contributed by atoms with Gasteiger partial charge in [-0.1, -0.05) is 0 Å². The summed E-state index contributed by atoms with van der Waals surface area (Å²) in [6.07, 6.45) is 0. The average molecular weight is 671 g/mol. The van der Waals surface area contributed by atoms with E-state index in [-0.39, 0.29) is 38.7 Å². The Morgan fingerprint density at radius 3 is 2.00 bits per heavy atom. The molecular formula is C13H12I3N3O5. The lowest BCUT2D eigenvalue weighted by atomic mass is 10.1. The molecule has 0 bridgehead atoms. The van der Waals surface area contributed by atoms with E-state index in [2.05, 4.69) is 16.0 Å². The summed E-state index contributed by atoms with van der Waals surface area (Å²) in [5.41, 5.74) is 0.277. The molecule has 0 atom stereocenters. The minimum Gasteiger partial charge on any atom is -0.478 e. The second-order valence-corrected chi connectivity index (χ2v) is 7.65. The van der Waals surface area contributed by atoms with Crippen LogP contribution in [0.4, 0.5) is 5.69 Å². The molecule has 0 fully saturated rings. The van der Waals surface area contributed by atoms with Crippen LogP contribution in [0.1, 0.15) is 27.6 Å². The fourth-order valence-corrected chi connectivity index (χ4v) is 6.06. The summed E-state index contributed by atoms with van der Waals surface area (Å²) in [4.78, 5) is 46.7. The van der Waals surface area contributed by atoms with Crippen LogP contribution in [-0.4, -0.2) is 42.4 Å². The Labute approximate surface area is 178 Å². The first-order valence-corrected chi connectivity index (χ1v) is 9.55. The number of rotatable bonds is 5. The molecule has 24 heavy (non-hydrogen) atoms. The van der Waals surface area contributed by atoms with E-state index >= 15 is 0 Å². The Hall–Kier alpha value is -0.710. The second kappa shape index (κ2) is 9.12. The average Bonchev–Trinajstić information content (AvgIpc) is 2.48. The highest BCUT2D eigenvalue weighted by molar-refractivity contribution is 14.1. The zero-order valence-electron chi connectivity index (χ0n) is 12.4. The van der Waals surface area contributed by atoms with Crippen LogP contribution in [0.25, 0.3) is 0 Å². The Balaban J connectivity index is 3.50. The molecule has 11 heteroatoms. The molecule has 0 saturated carbocycles. The largest absolute Gasteiger partial charge is 0.478 e. The summed E-state index contributed by atoms with van der Waals surface area (Å²) in [6, 6.07) is 0. The van der Waals surface area contributed by atoms with Crippen LogP contribution >= 0.6 is 67.8 Å². The van der Waals surface area contributed by atoms with E-state index in [1.165, 1.54) is 14.0 Å². The molecule has 8 nitrogen and oxygen atoms in total. The van der Waals surface area contributed by atoms with Crippen LogP contribution in [0.5, 0.6) is 0 Å². The van der Waals surface area contributed by atoms with Gasteiger partial charge in [-0.15, -0.1) is 0 Å². The standard InChI is InChI=1S/C13H12I3N3O5/c1-4(20)19-11-9(15)6(12(22)18-3-5(21)17-2)8(14)7(10(11)16)13(23)24/h3H2,1-2H3,(H,17,21)(H,18,22)(H,19,20)(H,23,24). The van der Waals surface area contributed by atoms with Gasteiger partial charge in [-0.25, -0.2) is 4.79 Å². The summed E-state index contributed by atoms with van der Waals surface area (Å²) < 4.78 is 0.959. The smallest absolute Gasteiger partial charge is 0.337 e. The SMILES string of the molecule is CNC(=O)CNC(=O)c1c(I)c(NC(C)=O)c(I)c(C(=O)O)c1I. The van der Waals surface area contributed by atoms with Gasteiger partial charge in [-0.2, -0.15) is 0 Å². The lowest BCUT2D eigenvalue weighted by molar-refractivity contribution is -0.119. The molecule has 0 aliphatic rings. The zero-order valence-corrected chi connectivity index (χ0v) is 18.9. The minimum atomic E-state index is -1.22. The van der Waals surface area contributed by atoms with Crippen molar-refractivity contribution in [1.29, 1.82) is 0 Å². The lowest BCUT2D eigenvalue weighted by Crippen LogP contribution is -2.36. The van der Waals surface area contributed by atoms with Crippen molar-refractivity contribution in [2.24, 2.45) is 0 Å². The number of anilines is 1. The molecule has 130 valence electrons. The number of hydrogen-bond donors (Lipinski definition) is 4.